The summed E-state index contributed by atoms with van der Waals surface area (Å²) in [6, 6.07) is 1.79. The van der Waals surface area contributed by atoms with Gasteiger partial charge in [-0.25, -0.2) is 0 Å². The van der Waals surface area contributed by atoms with E-state index in [1.165, 1.54) is 12.8 Å². The molecule has 0 radical (unpaired) electrons. The first kappa shape index (κ1) is 11.6. The van der Waals surface area contributed by atoms with Crippen LogP contribution in [0.2, 0.25) is 0 Å². The molecule has 0 aromatic carbocycles. The van der Waals surface area contributed by atoms with Crippen LogP contribution in [0.1, 0.15) is 32.6 Å². The second-order valence-corrected chi connectivity index (χ2v) is 6.65. The van der Waals surface area contributed by atoms with E-state index in [1.807, 2.05) is 6.92 Å². The third-order valence-corrected chi connectivity index (χ3v) is 5.10. The SMILES string of the molecule is CCS(=O)CCN1C2CCC1CC(N)C2. The van der Waals surface area contributed by atoms with Crippen LogP contribution in [0.3, 0.4) is 0 Å². The molecule has 3 unspecified atom stereocenters. The number of nitrogens with two attached hydrogens (primary N) is 1. The second kappa shape index (κ2) is 4.93. The molecule has 0 saturated carbocycles. The summed E-state index contributed by atoms with van der Waals surface area (Å²) in [6.45, 7) is 3.01. The molecule has 0 amide bonds. The Labute approximate surface area is 94.9 Å². The number of rotatable bonds is 4. The van der Waals surface area contributed by atoms with E-state index in [4.69, 9.17) is 5.73 Å². The highest BCUT2D eigenvalue weighted by atomic mass is 32.2. The zero-order valence-electron chi connectivity index (χ0n) is 9.52. The summed E-state index contributed by atoms with van der Waals surface area (Å²) in [5.41, 5.74) is 6.01. The van der Waals surface area contributed by atoms with Gasteiger partial charge in [-0.15, -0.1) is 0 Å². The predicted octanol–water partition coefficient (Wildman–Crippen LogP) is 0.709. The van der Waals surface area contributed by atoms with Crippen molar-refractivity contribution < 1.29 is 4.21 Å². The average Bonchev–Trinajstić information content (AvgIpc) is 2.46. The van der Waals surface area contributed by atoms with Crippen molar-refractivity contribution in [3.63, 3.8) is 0 Å². The van der Waals surface area contributed by atoms with Gasteiger partial charge in [0.15, 0.2) is 0 Å². The standard InChI is InChI=1S/C11H22N2OS/c1-2-15(14)6-5-13-10-3-4-11(13)8-9(12)7-10/h9-11H,2-8,12H2,1H3. The topological polar surface area (TPSA) is 46.3 Å². The molecule has 2 rings (SSSR count). The maximum Gasteiger partial charge on any atom is 0.0362 e. The average molecular weight is 230 g/mol. The summed E-state index contributed by atoms with van der Waals surface area (Å²) < 4.78 is 11.4. The highest BCUT2D eigenvalue weighted by Gasteiger charge is 2.39. The van der Waals surface area contributed by atoms with Crippen LogP contribution in [-0.4, -0.2) is 45.3 Å². The Kier molecular flexibility index (Phi) is 3.80. The van der Waals surface area contributed by atoms with Crippen molar-refractivity contribution >= 4 is 10.8 Å². The molecular formula is C11H22N2OS. The summed E-state index contributed by atoms with van der Waals surface area (Å²) in [5, 5.41) is 0. The zero-order valence-corrected chi connectivity index (χ0v) is 10.3. The largest absolute Gasteiger partial charge is 0.328 e. The van der Waals surface area contributed by atoms with Gasteiger partial charge in [0, 0.05) is 47.0 Å². The molecule has 15 heavy (non-hydrogen) atoms. The van der Waals surface area contributed by atoms with Gasteiger partial charge in [0.2, 0.25) is 0 Å². The summed E-state index contributed by atoms with van der Waals surface area (Å²) in [6.07, 6.45) is 4.90. The lowest BCUT2D eigenvalue weighted by atomic mass is 9.98. The van der Waals surface area contributed by atoms with Gasteiger partial charge in [-0.1, -0.05) is 6.92 Å². The first-order valence-corrected chi connectivity index (χ1v) is 7.55. The first-order chi connectivity index (χ1) is 7.20. The summed E-state index contributed by atoms with van der Waals surface area (Å²) in [7, 11) is -0.612. The van der Waals surface area contributed by atoms with E-state index in [-0.39, 0.29) is 0 Å². The van der Waals surface area contributed by atoms with Crippen LogP contribution in [0.15, 0.2) is 0 Å². The number of hydrogen-bond acceptors (Lipinski definition) is 3. The molecular weight excluding hydrogens is 208 g/mol. The van der Waals surface area contributed by atoms with Crippen molar-refractivity contribution in [1.29, 1.82) is 0 Å². The summed E-state index contributed by atoms with van der Waals surface area (Å²) in [5.74, 6) is 1.64. The number of piperidine rings is 1. The lowest BCUT2D eigenvalue weighted by Gasteiger charge is -2.37. The Bertz CT molecular complexity index is 233. The quantitative estimate of drug-likeness (QED) is 0.773. The number of hydrogen-bond donors (Lipinski definition) is 1. The molecule has 2 heterocycles. The molecule has 2 aliphatic heterocycles. The first-order valence-electron chi connectivity index (χ1n) is 6.07. The highest BCUT2D eigenvalue weighted by molar-refractivity contribution is 7.84. The van der Waals surface area contributed by atoms with Crippen molar-refractivity contribution in [3.05, 3.63) is 0 Å². The number of fused-ring (bicyclic) bond motifs is 2. The summed E-state index contributed by atoms with van der Waals surface area (Å²) in [4.78, 5) is 2.57. The molecule has 4 heteroatoms. The van der Waals surface area contributed by atoms with Gasteiger partial charge in [-0.2, -0.15) is 0 Å². The van der Waals surface area contributed by atoms with Crippen LogP contribution in [0, 0.1) is 0 Å². The highest BCUT2D eigenvalue weighted by Crippen LogP contribution is 2.34. The van der Waals surface area contributed by atoms with Gasteiger partial charge in [0.25, 0.3) is 0 Å². The molecule has 2 saturated heterocycles. The van der Waals surface area contributed by atoms with E-state index in [9.17, 15) is 4.21 Å². The molecule has 0 aromatic heterocycles. The van der Waals surface area contributed by atoms with Gasteiger partial charge in [0.1, 0.15) is 0 Å². The molecule has 0 spiro atoms. The van der Waals surface area contributed by atoms with E-state index in [0.29, 0.717) is 18.1 Å². The minimum atomic E-state index is -0.612. The smallest absolute Gasteiger partial charge is 0.0362 e. The molecule has 2 bridgehead atoms. The maximum absolute atomic E-state index is 11.4. The molecule has 2 aliphatic rings. The normalized spacial score (nSPS) is 38.1. The van der Waals surface area contributed by atoms with Gasteiger partial charge >= 0.3 is 0 Å². The van der Waals surface area contributed by atoms with Crippen LogP contribution in [0.5, 0.6) is 0 Å². The van der Waals surface area contributed by atoms with E-state index in [1.54, 1.807) is 0 Å². The Hall–Kier alpha value is 0.0700. The molecule has 0 aromatic rings. The monoisotopic (exact) mass is 230 g/mol. The predicted molar refractivity (Wildman–Crippen MR) is 64.3 cm³/mol. The van der Waals surface area contributed by atoms with Crippen LogP contribution >= 0.6 is 0 Å². The second-order valence-electron chi connectivity index (χ2n) is 4.79. The van der Waals surface area contributed by atoms with Crippen molar-refractivity contribution in [3.8, 4) is 0 Å². The van der Waals surface area contributed by atoms with E-state index in [0.717, 1.165) is 30.9 Å². The number of nitrogens with zero attached hydrogens (tertiary/aromatic N) is 1. The molecule has 88 valence electrons. The fourth-order valence-corrected chi connectivity index (χ4v) is 3.74. The lowest BCUT2D eigenvalue weighted by molar-refractivity contribution is 0.136. The molecule has 2 N–H and O–H groups in total. The van der Waals surface area contributed by atoms with E-state index >= 15 is 0 Å². The van der Waals surface area contributed by atoms with Gasteiger partial charge in [0.05, 0.1) is 0 Å². The molecule has 2 fully saturated rings. The fourth-order valence-electron chi connectivity index (χ4n) is 3.03. The van der Waals surface area contributed by atoms with Gasteiger partial charge in [-0.3, -0.25) is 9.11 Å². The van der Waals surface area contributed by atoms with Crippen LogP contribution in [0.4, 0.5) is 0 Å². The third kappa shape index (κ3) is 2.60. The third-order valence-electron chi connectivity index (χ3n) is 3.82. The van der Waals surface area contributed by atoms with Crippen LogP contribution < -0.4 is 5.73 Å². The summed E-state index contributed by atoms with van der Waals surface area (Å²) >= 11 is 0. The van der Waals surface area contributed by atoms with E-state index < -0.39 is 10.8 Å². The zero-order chi connectivity index (χ0) is 10.8. The minimum Gasteiger partial charge on any atom is -0.328 e. The van der Waals surface area contributed by atoms with Crippen LogP contribution in [0.25, 0.3) is 0 Å². The van der Waals surface area contributed by atoms with E-state index in [2.05, 4.69) is 4.90 Å². The minimum absolute atomic E-state index is 0.412. The Morgan fingerprint density at radius 2 is 1.93 bits per heavy atom. The molecule has 3 nitrogen and oxygen atoms in total. The lowest BCUT2D eigenvalue weighted by Crippen LogP contribution is -2.48. The van der Waals surface area contributed by atoms with Crippen molar-refractivity contribution in [2.75, 3.05) is 18.1 Å². The Morgan fingerprint density at radius 3 is 2.47 bits per heavy atom. The van der Waals surface area contributed by atoms with Crippen molar-refractivity contribution in [2.24, 2.45) is 5.73 Å². The fraction of sp³-hybridized carbons (Fsp3) is 1.00. The Balaban J connectivity index is 1.86. The van der Waals surface area contributed by atoms with Gasteiger partial charge in [-0.05, 0) is 25.7 Å². The Morgan fingerprint density at radius 1 is 1.33 bits per heavy atom. The maximum atomic E-state index is 11.4. The van der Waals surface area contributed by atoms with Gasteiger partial charge < -0.3 is 5.73 Å². The molecule has 3 atom stereocenters. The molecule has 0 aliphatic carbocycles. The van der Waals surface area contributed by atoms with Crippen LogP contribution in [-0.2, 0) is 10.8 Å². The van der Waals surface area contributed by atoms with Crippen molar-refractivity contribution in [1.82, 2.24) is 4.90 Å². The van der Waals surface area contributed by atoms with Crippen molar-refractivity contribution in [2.45, 2.75) is 50.7 Å².